The molecule has 1 aromatic heterocycles. The van der Waals surface area contributed by atoms with Gasteiger partial charge in [-0.1, -0.05) is 6.42 Å². The van der Waals surface area contributed by atoms with Crippen molar-refractivity contribution in [2.75, 3.05) is 13.2 Å². The third kappa shape index (κ3) is 2.45. The lowest BCUT2D eigenvalue weighted by Gasteiger charge is -2.24. The molecule has 90 valence electrons. The molecule has 0 amide bonds. The van der Waals surface area contributed by atoms with E-state index in [1.54, 1.807) is 6.26 Å². The molecule has 0 radical (unpaired) electrons. The molecule has 1 aliphatic carbocycles. The molecular formula is C12H20N2O2. The van der Waals surface area contributed by atoms with Crippen LogP contribution in [0.15, 0.2) is 22.8 Å². The van der Waals surface area contributed by atoms with Crippen LogP contribution in [0.25, 0.3) is 0 Å². The molecule has 16 heavy (non-hydrogen) atoms. The Bertz CT molecular complexity index is 300. The molecule has 1 heterocycles. The van der Waals surface area contributed by atoms with Gasteiger partial charge < -0.3 is 20.6 Å². The highest BCUT2D eigenvalue weighted by Crippen LogP contribution is 2.27. The van der Waals surface area contributed by atoms with Crippen molar-refractivity contribution in [3.05, 3.63) is 24.2 Å². The number of nitrogens with two attached hydrogens (primary N) is 1. The number of nitrogens with one attached hydrogen (secondary N) is 1. The smallest absolute Gasteiger partial charge is 0.121 e. The Labute approximate surface area is 95.8 Å². The van der Waals surface area contributed by atoms with Crippen molar-refractivity contribution in [3.8, 4) is 0 Å². The Morgan fingerprint density at radius 2 is 2.44 bits per heavy atom. The van der Waals surface area contributed by atoms with Crippen LogP contribution in [-0.2, 0) is 0 Å². The SMILES string of the molecule is NCC(NC1CCCC1CO)c1ccco1. The van der Waals surface area contributed by atoms with Crippen LogP contribution in [0, 0.1) is 5.92 Å². The summed E-state index contributed by atoms with van der Waals surface area (Å²) in [5.74, 6) is 1.25. The normalized spacial score (nSPS) is 27.1. The average Bonchev–Trinajstić information content (AvgIpc) is 2.96. The van der Waals surface area contributed by atoms with Crippen LogP contribution in [0.4, 0.5) is 0 Å². The van der Waals surface area contributed by atoms with Crippen LogP contribution in [0.5, 0.6) is 0 Å². The molecule has 2 rings (SSSR count). The van der Waals surface area contributed by atoms with E-state index in [9.17, 15) is 5.11 Å². The molecule has 0 aliphatic heterocycles. The third-order valence-electron chi connectivity index (χ3n) is 3.43. The lowest BCUT2D eigenvalue weighted by molar-refractivity contribution is 0.197. The molecule has 0 spiro atoms. The van der Waals surface area contributed by atoms with Gasteiger partial charge in [-0.15, -0.1) is 0 Å². The van der Waals surface area contributed by atoms with Crippen LogP contribution < -0.4 is 11.1 Å². The highest BCUT2D eigenvalue weighted by molar-refractivity contribution is 5.05. The monoisotopic (exact) mass is 224 g/mol. The predicted molar refractivity (Wildman–Crippen MR) is 61.9 cm³/mol. The zero-order valence-corrected chi connectivity index (χ0v) is 9.43. The van der Waals surface area contributed by atoms with Gasteiger partial charge >= 0.3 is 0 Å². The van der Waals surface area contributed by atoms with Crippen LogP contribution in [0.1, 0.15) is 31.1 Å². The van der Waals surface area contributed by atoms with E-state index in [-0.39, 0.29) is 12.6 Å². The van der Waals surface area contributed by atoms with Crippen molar-refractivity contribution in [3.63, 3.8) is 0 Å². The first-order valence-corrected chi connectivity index (χ1v) is 5.95. The Morgan fingerprint density at radius 1 is 1.56 bits per heavy atom. The van der Waals surface area contributed by atoms with Gasteiger partial charge in [-0.25, -0.2) is 0 Å². The van der Waals surface area contributed by atoms with E-state index in [0.717, 1.165) is 18.6 Å². The number of furan rings is 1. The van der Waals surface area contributed by atoms with Gasteiger partial charge in [0.25, 0.3) is 0 Å². The Morgan fingerprint density at radius 3 is 3.06 bits per heavy atom. The minimum atomic E-state index is 0.0622. The maximum atomic E-state index is 9.26. The Hall–Kier alpha value is -0.840. The number of hydrogen-bond donors (Lipinski definition) is 3. The molecule has 1 aliphatic rings. The summed E-state index contributed by atoms with van der Waals surface area (Å²) in [4.78, 5) is 0. The number of hydrogen-bond acceptors (Lipinski definition) is 4. The summed E-state index contributed by atoms with van der Waals surface area (Å²) < 4.78 is 5.36. The molecule has 3 atom stereocenters. The molecule has 4 nitrogen and oxygen atoms in total. The van der Waals surface area contributed by atoms with Crippen LogP contribution >= 0.6 is 0 Å². The first kappa shape index (κ1) is 11.6. The quantitative estimate of drug-likeness (QED) is 0.698. The summed E-state index contributed by atoms with van der Waals surface area (Å²) in [6.07, 6.45) is 5.06. The second kappa shape index (κ2) is 5.48. The summed E-state index contributed by atoms with van der Waals surface area (Å²) in [7, 11) is 0. The minimum absolute atomic E-state index is 0.0622. The van der Waals surface area contributed by atoms with Gasteiger partial charge in [-0.05, 0) is 30.9 Å². The van der Waals surface area contributed by atoms with Crippen molar-refractivity contribution in [2.45, 2.75) is 31.3 Å². The van der Waals surface area contributed by atoms with Crippen LogP contribution in [0.2, 0.25) is 0 Å². The van der Waals surface area contributed by atoms with Gasteiger partial charge in [0.15, 0.2) is 0 Å². The number of aliphatic hydroxyl groups excluding tert-OH is 1. The summed E-state index contributed by atoms with van der Waals surface area (Å²) in [6.45, 7) is 0.773. The Kier molecular flexibility index (Phi) is 3.98. The van der Waals surface area contributed by atoms with Gasteiger partial charge in [0.1, 0.15) is 5.76 Å². The van der Waals surface area contributed by atoms with Gasteiger partial charge in [-0.2, -0.15) is 0 Å². The van der Waals surface area contributed by atoms with Crippen molar-refractivity contribution < 1.29 is 9.52 Å². The van der Waals surface area contributed by atoms with E-state index in [4.69, 9.17) is 10.2 Å². The molecule has 1 aromatic rings. The van der Waals surface area contributed by atoms with E-state index in [0.29, 0.717) is 18.5 Å². The van der Waals surface area contributed by atoms with Crippen molar-refractivity contribution in [1.82, 2.24) is 5.32 Å². The predicted octanol–water partition coefficient (Wildman–Crippen LogP) is 1.03. The maximum absolute atomic E-state index is 9.26. The molecule has 4 N–H and O–H groups in total. The van der Waals surface area contributed by atoms with Gasteiger partial charge in [0, 0.05) is 19.2 Å². The maximum Gasteiger partial charge on any atom is 0.121 e. The lowest BCUT2D eigenvalue weighted by Crippen LogP contribution is -2.39. The molecular weight excluding hydrogens is 204 g/mol. The van der Waals surface area contributed by atoms with E-state index in [1.807, 2.05) is 12.1 Å². The molecule has 0 saturated heterocycles. The summed E-state index contributed by atoms with van der Waals surface area (Å²) in [6, 6.07) is 4.24. The third-order valence-corrected chi connectivity index (χ3v) is 3.43. The highest BCUT2D eigenvalue weighted by Gasteiger charge is 2.29. The second-order valence-corrected chi connectivity index (χ2v) is 4.45. The average molecular weight is 224 g/mol. The summed E-state index contributed by atoms with van der Waals surface area (Å²) in [5, 5.41) is 12.7. The largest absolute Gasteiger partial charge is 0.468 e. The zero-order valence-electron chi connectivity index (χ0n) is 9.43. The minimum Gasteiger partial charge on any atom is -0.468 e. The molecule has 4 heteroatoms. The highest BCUT2D eigenvalue weighted by atomic mass is 16.3. The van der Waals surface area contributed by atoms with Crippen LogP contribution in [-0.4, -0.2) is 24.3 Å². The van der Waals surface area contributed by atoms with Crippen molar-refractivity contribution in [1.29, 1.82) is 0 Å². The summed E-state index contributed by atoms with van der Waals surface area (Å²) >= 11 is 0. The fraction of sp³-hybridized carbons (Fsp3) is 0.667. The van der Waals surface area contributed by atoms with Crippen molar-refractivity contribution >= 4 is 0 Å². The van der Waals surface area contributed by atoms with E-state index >= 15 is 0 Å². The zero-order chi connectivity index (χ0) is 11.4. The number of aliphatic hydroxyl groups is 1. The van der Waals surface area contributed by atoms with Crippen LogP contribution in [0.3, 0.4) is 0 Å². The van der Waals surface area contributed by atoms with E-state index in [2.05, 4.69) is 5.32 Å². The van der Waals surface area contributed by atoms with Crippen molar-refractivity contribution in [2.24, 2.45) is 11.7 Å². The summed E-state index contributed by atoms with van der Waals surface area (Å²) in [5.41, 5.74) is 5.74. The fourth-order valence-corrected chi connectivity index (χ4v) is 2.49. The van der Waals surface area contributed by atoms with E-state index in [1.165, 1.54) is 6.42 Å². The standard InChI is InChI=1S/C12H20N2O2/c13-7-11(12-5-2-6-16-12)14-10-4-1-3-9(10)8-15/h2,5-6,9-11,14-15H,1,3-4,7-8,13H2. The van der Waals surface area contributed by atoms with Gasteiger partial charge in [0.2, 0.25) is 0 Å². The molecule has 1 saturated carbocycles. The molecule has 1 fully saturated rings. The lowest BCUT2D eigenvalue weighted by atomic mass is 10.0. The Balaban J connectivity index is 1.96. The molecule has 3 unspecified atom stereocenters. The first-order valence-electron chi connectivity index (χ1n) is 5.95. The first-order chi connectivity index (χ1) is 7.85. The molecule has 0 bridgehead atoms. The number of rotatable bonds is 5. The topological polar surface area (TPSA) is 71.4 Å². The van der Waals surface area contributed by atoms with Gasteiger partial charge in [-0.3, -0.25) is 0 Å². The molecule has 0 aromatic carbocycles. The second-order valence-electron chi connectivity index (χ2n) is 4.45. The fourth-order valence-electron chi connectivity index (χ4n) is 2.49. The van der Waals surface area contributed by atoms with E-state index < -0.39 is 0 Å². The van der Waals surface area contributed by atoms with Gasteiger partial charge in [0.05, 0.1) is 12.3 Å².